The molecule has 0 radical (unpaired) electrons. The smallest absolute Gasteiger partial charge is 0.352 e. The highest BCUT2D eigenvalue weighted by Crippen LogP contribution is 2.27. The minimum absolute atomic E-state index is 0.000341. The van der Waals surface area contributed by atoms with E-state index in [0.717, 1.165) is 16.7 Å². The fourth-order valence-electron chi connectivity index (χ4n) is 3.38. The number of benzene rings is 1. The molecule has 12 nitrogen and oxygen atoms in total. The Balaban J connectivity index is 1.66. The number of nitriles is 1. The molecule has 1 fully saturated rings. The van der Waals surface area contributed by atoms with Gasteiger partial charge in [-0.1, -0.05) is 0 Å². The Morgan fingerprint density at radius 1 is 1.35 bits per heavy atom. The molecule has 1 aromatic heterocycles. The molecule has 0 bridgehead atoms. The van der Waals surface area contributed by atoms with E-state index < -0.39 is 53.9 Å². The third-order valence-corrected chi connectivity index (χ3v) is 5.20. The molecule has 3 rings (SSSR count). The summed E-state index contributed by atoms with van der Waals surface area (Å²) in [6, 6.07) is 4.86. The maximum absolute atomic E-state index is 13.4. The summed E-state index contributed by atoms with van der Waals surface area (Å²) in [4.78, 5) is 49.6. The summed E-state index contributed by atoms with van der Waals surface area (Å²) in [7, 11) is 0. The van der Waals surface area contributed by atoms with Crippen molar-refractivity contribution >= 4 is 11.8 Å². The van der Waals surface area contributed by atoms with Gasteiger partial charge in [-0.05, 0) is 25.1 Å². The number of aromatic nitrogens is 2. The zero-order chi connectivity index (χ0) is 25.0. The Morgan fingerprint density at radius 3 is 2.74 bits per heavy atom. The van der Waals surface area contributed by atoms with Crippen molar-refractivity contribution < 1.29 is 28.9 Å². The van der Waals surface area contributed by atoms with Crippen LogP contribution in [0, 0.1) is 24.1 Å². The predicted molar refractivity (Wildman–Crippen MR) is 114 cm³/mol. The van der Waals surface area contributed by atoms with Crippen LogP contribution in [0.4, 0.5) is 4.39 Å². The molecule has 1 saturated heterocycles. The summed E-state index contributed by atoms with van der Waals surface area (Å²) in [6.07, 6.45) is -1.91. The normalized spacial score (nSPS) is 19.4. The van der Waals surface area contributed by atoms with E-state index in [9.17, 15) is 33.8 Å². The summed E-state index contributed by atoms with van der Waals surface area (Å²) in [5.74, 6) is -2.17. The number of nitrogens with one attached hydrogen (secondary N) is 2. The molecule has 0 aliphatic carbocycles. The molecule has 2 amide bonds. The van der Waals surface area contributed by atoms with E-state index in [1.54, 1.807) is 6.07 Å². The number of hydrogen-bond acceptors (Lipinski definition) is 8. The van der Waals surface area contributed by atoms with Gasteiger partial charge in [0.2, 0.25) is 5.91 Å². The first-order chi connectivity index (χ1) is 16.2. The Morgan fingerprint density at radius 2 is 2.09 bits per heavy atom. The Kier molecular flexibility index (Phi) is 7.57. The number of nitrogens with zero attached hydrogens (tertiary/aromatic N) is 3. The van der Waals surface area contributed by atoms with E-state index in [-0.39, 0.29) is 36.1 Å². The number of aryl methyl sites for hydroxylation is 1. The highest BCUT2D eigenvalue weighted by Gasteiger charge is 2.35. The number of carbonyl (C=O) groups excluding carboxylic acids is 2. The zero-order valence-corrected chi connectivity index (χ0v) is 18.0. The van der Waals surface area contributed by atoms with Gasteiger partial charge in [0.15, 0.2) is 0 Å². The van der Waals surface area contributed by atoms with Crippen molar-refractivity contribution in [3.05, 3.63) is 67.7 Å². The molecule has 1 aliphatic heterocycles. The van der Waals surface area contributed by atoms with Gasteiger partial charge in [-0.2, -0.15) is 9.94 Å². The highest BCUT2D eigenvalue weighted by atomic mass is 19.1. The first-order valence-electron chi connectivity index (χ1n) is 10.2. The van der Waals surface area contributed by atoms with Crippen molar-refractivity contribution in [1.29, 1.82) is 5.26 Å². The average Bonchev–Trinajstić information content (AvgIpc) is 3.19. The van der Waals surface area contributed by atoms with Gasteiger partial charge in [-0.3, -0.25) is 24.4 Å². The molecule has 180 valence electrons. The second-order valence-corrected chi connectivity index (χ2v) is 7.60. The number of aliphatic hydroxyl groups excluding tert-OH is 2. The summed E-state index contributed by atoms with van der Waals surface area (Å²) in [6.45, 7) is 0.798. The van der Waals surface area contributed by atoms with E-state index in [1.165, 1.54) is 19.2 Å². The number of halogens is 1. The van der Waals surface area contributed by atoms with Crippen molar-refractivity contribution in [1.82, 2.24) is 14.6 Å². The number of amides is 2. The van der Waals surface area contributed by atoms with Crippen LogP contribution in [0.2, 0.25) is 0 Å². The van der Waals surface area contributed by atoms with E-state index >= 15 is 0 Å². The van der Waals surface area contributed by atoms with Crippen LogP contribution in [0.25, 0.3) is 0 Å². The lowest BCUT2D eigenvalue weighted by Gasteiger charge is -2.17. The van der Waals surface area contributed by atoms with Gasteiger partial charge in [0.1, 0.15) is 24.2 Å². The lowest BCUT2D eigenvalue weighted by Crippen LogP contribution is -2.48. The molecule has 1 aromatic carbocycles. The molecule has 0 spiro atoms. The molecule has 2 heterocycles. The summed E-state index contributed by atoms with van der Waals surface area (Å²) in [5.41, 5.74) is 0.327. The van der Waals surface area contributed by atoms with Crippen LogP contribution < -0.4 is 22.0 Å². The number of ether oxygens (including phenoxy) is 1. The lowest BCUT2D eigenvalue weighted by atomic mass is 10.1. The number of hydrogen-bond donors (Lipinski definition) is 4. The predicted octanol–water partition coefficient (Wildman–Crippen LogP) is -1.14. The van der Waals surface area contributed by atoms with Crippen molar-refractivity contribution in [2.24, 2.45) is 0 Å². The molecule has 0 unspecified atom stereocenters. The van der Waals surface area contributed by atoms with Gasteiger partial charge in [0, 0.05) is 36.7 Å². The molecular weight excluding hydrogens is 453 g/mol. The first kappa shape index (κ1) is 24.8. The second kappa shape index (κ2) is 10.4. The number of aliphatic hydroxyl groups is 2. The fraction of sp³-hybridized carbons (Fsp3) is 0.381. The Hall–Kier alpha value is -3.86. The van der Waals surface area contributed by atoms with E-state index in [1.807, 2.05) is 0 Å². The largest absolute Gasteiger partial charge is 0.394 e. The standard InChI is InChI=1S/C21H22FN5O7/c1-11-9-26(18-7-15(29)16(10-28)34-18)21(33)27(20(11)32)25-17(30)4-5-24-19(31)12-2-3-14(22)13(6-12)8-23/h2-3,6,9,15-16,18,28-29H,4-5,7,10H2,1H3,(H,24,31)(H,25,30)/t15-,16+,18+/m0/s1/i22+0. The second-order valence-electron chi connectivity index (χ2n) is 7.60. The Bertz CT molecular complexity index is 1270. The third kappa shape index (κ3) is 5.20. The van der Waals surface area contributed by atoms with Crippen LogP contribution in [0.3, 0.4) is 0 Å². The third-order valence-electron chi connectivity index (χ3n) is 5.20. The van der Waals surface area contributed by atoms with Crippen molar-refractivity contribution in [3.63, 3.8) is 0 Å². The van der Waals surface area contributed by atoms with Gasteiger partial charge in [0.05, 0.1) is 18.3 Å². The van der Waals surface area contributed by atoms with Gasteiger partial charge in [-0.15, -0.1) is 0 Å². The summed E-state index contributed by atoms with van der Waals surface area (Å²) in [5, 5.41) is 30.4. The van der Waals surface area contributed by atoms with Crippen molar-refractivity contribution in [2.45, 2.75) is 38.2 Å². The molecule has 0 saturated carbocycles. The molecule has 13 heteroatoms. The number of carbonyl (C=O) groups is 2. The van der Waals surface area contributed by atoms with Crippen molar-refractivity contribution in [2.75, 3.05) is 18.6 Å². The molecule has 4 N–H and O–H groups in total. The maximum Gasteiger partial charge on any atom is 0.352 e. The number of rotatable bonds is 7. The highest BCUT2D eigenvalue weighted by molar-refractivity contribution is 5.95. The monoisotopic (exact) mass is 475 g/mol. The molecule has 3 atom stereocenters. The van der Waals surface area contributed by atoms with Crippen LogP contribution in [0.15, 0.2) is 34.0 Å². The molecule has 34 heavy (non-hydrogen) atoms. The van der Waals surface area contributed by atoms with Gasteiger partial charge in [0.25, 0.3) is 11.5 Å². The zero-order valence-electron chi connectivity index (χ0n) is 18.0. The van der Waals surface area contributed by atoms with Gasteiger partial charge >= 0.3 is 5.69 Å². The van der Waals surface area contributed by atoms with Crippen LogP contribution >= 0.6 is 0 Å². The topological polar surface area (TPSA) is 176 Å². The van der Waals surface area contributed by atoms with Crippen LogP contribution in [-0.2, 0) is 9.53 Å². The van der Waals surface area contributed by atoms with Crippen LogP contribution in [-0.4, -0.2) is 56.6 Å². The van der Waals surface area contributed by atoms with Crippen LogP contribution in [0.5, 0.6) is 0 Å². The average molecular weight is 475 g/mol. The molecular formula is C21H22FN5O7. The lowest BCUT2D eigenvalue weighted by molar-refractivity contribution is -0.117. The quantitative estimate of drug-likeness (QED) is 0.388. The van der Waals surface area contributed by atoms with Crippen LogP contribution in [0.1, 0.15) is 40.6 Å². The van der Waals surface area contributed by atoms with E-state index in [4.69, 9.17) is 10.00 Å². The van der Waals surface area contributed by atoms with E-state index in [2.05, 4.69) is 10.7 Å². The molecule has 1 aliphatic rings. The van der Waals surface area contributed by atoms with Crippen molar-refractivity contribution in [3.8, 4) is 6.07 Å². The summed E-state index contributed by atoms with van der Waals surface area (Å²) >= 11 is 0. The minimum atomic E-state index is -1.01. The van der Waals surface area contributed by atoms with Gasteiger partial charge < -0.3 is 20.3 Å². The maximum atomic E-state index is 13.4. The SMILES string of the molecule is Cc1cn([C@H]2C[C@H](O)[C@@H](CO)O2)c(=O)n(NC(=O)CCNC(=O)c2ccc([19F])c(C#N)c2)c1=O. The molecule has 2 aromatic rings. The minimum Gasteiger partial charge on any atom is -0.394 e. The Labute approximate surface area is 191 Å². The first-order valence-corrected chi connectivity index (χ1v) is 10.2. The fourth-order valence-corrected chi connectivity index (χ4v) is 3.38. The summed E-state index contributed by atoms with van der Waals surface area (Å²) < 4.78 is 20.4. The van der Waals surface area contributed by atoms with Gasteiger partial charge in [-0.25, -0.2) is 9.18 Å². The van der Waals surface area contributed by atoms with E-state index in [0.29, 0.717) is 4.68 Å².